The molecule has 0 bridgehead atoms. The number of aromatic nitrogens is 4. The van der Waals surface area contributed by atoms with Crippen LogP contribution < -0.4 is 11.1 Å². The van der Waals surface area contributed by atoms with Gasteiger partial charge in [-0.15, -0.1) is 0 Å². The Hall–Kier alpha value is -2.06. The van der Waals surface area contributed by atoms with Crippen LogP contribution in [0.3, 0.4) is 0 Å². The Balaban J connectivity index is 1.68. The normalized spacial score (nSPS) is 10.8. The zero-order chi connectivity index (χ0) is 17.8. The van der Waals surface area contributed by atoms with Crippen LogP contribution in [0.5, 0.6) is 0 Å². The fourth-order valence-electron chi connectivity index (χ4n) is 2.51. The second-order valence-electron chi connectivity index (χ2n) is 5.73. The Kier molecular flexibility index (Phi) is 5.60. The van der Waals surface area contributed by atoms with Crippen molar-refractivity contribution >= 4 is 39.2 Å². The molecule has 0 amide bonds. The standard InChI is InChI=1S/C17H19BrN6S/c1-10-5-3-6-12(11(10)2)13-9-14(22-17(19)21-13)20-8-4-7-15-23-16(18)24-25-15/h3,5-6,9H,4,7-8H2,1-2H3,(H3,19,20,21,22). The lowest BCUT2D eigenvalue weighted by atomic mass is 10.0. The van der Waals surface area contributed by atoms with Crippen LogP contribution in [0.1, 0.15) is 22.6 Å². The van der Waals surface area contributed by atoms with Crippen molar-refractivity contribution in [2.24, 2.45) is 0 Å². The number of aryl methyl sites for hydroxylation is 2. The number of nitrogens with zero attached hydrogens (tertiary/aromatic N) is 4. The molecule has 0 spiro atoms. The van der Waals surface area contributed by atoms with E-state index >= 15 is 0 Å². The fraction of sp³-hybridized carbons (Fsp3) is 0.294. The van der Waals surface area contributed by atoms with E-state index in [9.17, 15) is 0 Å². The van der Waals surface area contributed by atoms with Crippen molar-refractivity contribution in [1.29, 1.82) is 0 Å². The summed E-state index contributed by atoms with van der Waals surface area (Å²) in [4.78, 5) is 13.0. The van der Waals surface area contributed by atoms with Gasteiger partial charge in [0.15, 0.2) is 0 Å². The minimum Gasteiger partial charge on any atom is -0.370 e. The van der Waals surface area contributed by atoms with E-state index in [1.54, 1.807) is 0 Å². The van der Waals surface area contributed by atoms with Gasteiger partial charge in [-0.3, -0.25) is 0 Å². The maximum Gasteiger partial charge on any atom is 0.222 e. The Labute approximate surface area is 159 Å². The zero-order valence-corrected chi connectivity index (χ0v) is 16.5. The van der Waals surface area contributed by atoms with E-state index in [2.05, 4.69) is 66.6 Å². The van der Waals surface area contributed by atoms with Crippen molar-refractivity contribution in [2.75, 3.05) is 17.6 Å². The molecule has 2 aromatic heterocycles. The molecule has 1 aromatic carbocycles. The van der Waals surface area contributed by atoms with Crippen LogP contribution in [0.25, 0.3) is 11.3 Å². The van der Waals surface area contributed by atoms with Crippen molar-refractivity contribution in [3.63, 3.8) is 0 Å². The molecule has 0 saturated carbocycles. The van der Waals surface area contributed by atoms with Crippen molar-refractivity contribution in [3.05, 3.63) is 45.1 Å². The van der Waals surface area contributed by atoms with Crippen molar-refractivity contribution < 1.29 is 0 Å². The Morgan fingerprint density at radius 3 is 2.80 bits per heavy atom. The maximum atomic E-state index is 5.90. The van der Waals surface area contributed by atoms with Gasteiger partial charge in [0, 0.05) is 24.6 Å². The minimum absolute atomic E-state index is 0.272. The smallest absolute Gasteiger partial charge is 0.222 e. The highest BCUT2D eigenvalue weighted by atomic mass is 79.9. The van der Waals surface area contributed by atoms with Gasteiger partial charge in [0.2, 0.25) is 10.7 Å². The number of nitrogens with one attached hydrogen (secondary N) is 1. The lowest BCUT2D eigenvalue weighted by Crippen LogP contribution is -2.07. The average Bonchev–Trinajstić information content (AvgIpc) is 2.99. The molecule has 8 heteroatoms. The summed E-state index contributed by atoms with van der Waals surface area (Å²) >= 11 is 4.69. The lowest BCUT2D eigenvalue weighted by Gasteiger charge is -2.11. The number of hydrogen-bond donors (Lipinski definition) is 2. The number of anilines is 2. The summed E-state index contributed by atoms with van der Waals surface area (Å²) in [6.07, 6.45) is 1.81. The third kappa shape index (κ3) is 4.52. The van der Waals surface area contributed by atoms with Crippen LogP contribution in [-0.4, -0.2) is 25.9 Å². The molecule has 0 aliphatic carbocycles. The quantitative estimate of drug-likeness (QED) is 0.587. The summed E-state index contributed by atoms with van der Waals surface area (Å²) < 4.78 is 4.77. The van der Waals surface area contributed by atoms with Crippen molar-refractivity contribution in [3.8, 4) is 11.3 Å². The van der Waals surface area contributed by atoms with Gasteiger partial charge >= 0.3 is 0 Å². The topological polar surface area (TPSA) is 89.6 Å². The van der Waals surface area contributed by atoms with Crippen LogP contribution in [0.2, 0.25) is 0 Å². The molecule has 0 unspecified atom stereocenters. The molecular formula is C17H19BrN6S. The molecule has 0 aliphatic heterocycles. The molecule has 3 aromatic rings. The predicted molar refractivity (Wildman–Crippen MR) is 106 cm³/mol. The van der Waals surface area contributed by atoms with Gasteiger partial charge in [-0.2, -0.15) is 9.36 Å². The van der Waals surface area contributed by atoms with Gasteiger partial charge in [-0.25, -0.2) is 9.97 Å². The van der Waals surface area contributed by atoms with Gasteiger partial charge < -0.3 is 11.1 Å². The SMILES string of the molecule is Cc1cccc(-c2cc(NCCCc3nc(Br)ns3)nc(N)n2)c1C. The van der Waals surface area contributed by atoms with E-state index in [4.69, 9.17) is 5.73 Å². The number of nitrogen functional groups attached to an aromatic ring is 1. The Morgan fingerprint density at radius 1 is 1.20 bits per heavy atom. The number of benzene rings is 1. The first kappa shape index (κ1) is 17.8. The first-order chi connectivity index (χ1) is 12.0. The predicted octanol–water partition coefficient (Wildman–Crippen LogP) is 4.00. The minimum atomic E-state index is 0.272. The van der Waals surface area contributed by atoms with Gasteiger partial charge in [0.05, 0.1) is 5.69 Å². The van der Waals surface area contributed by atoms with Crippen LogP contribution in [0.15, 0.2) is 29.0 Å². The maximum absolute atomic E-state index is 5.90. The molecule has 0 saturated heterocycles. The molecule has 0 radical (unpaired) electrons. The van der Waals surface area contributed by atoms with Crippen LogP contribution in [0, 0.1) is 13.8 Å². The molecule has 0 atom stereocenters. The molecular weight excluding hydrogens is 400 g/mol. The third-order valence-electron chi connectivity index (χ3n) is 3.94. The van der Waals surface area contributed by atoms with Crippen molar-refractivity contribution in [1.82, 2.24) is 19.3 Å². The van der Waals surface area contributed by atoms with Gasteiger partial charge in [-0.1, -0.05) is 18.2 Å². The summed E-state index contributed by atoms with van der Waals surface area (Å²) in [6, 6.07) is 8.12. The van der Waals surface area contributed by atoms with Crippen molar-refractivity contribution in [2.45, 2.75) is 26.7 Å². The summed E-state index contributed by atoms with van der Waals surface area (Å²) in [6.45, 7) is 4.96. The average molecular weight is 419 g/mol. The molecule has 0 aliphatic rings. The van der Waals surface area contributed by atoms with Gasteiger partial charge in [0.25, 0.3) is 0 Å². The molecule has 130 valence electrons. The lowest BCUT2D eigenvalue weighted by molar-refractivity contribution is 0.848. The second kappa shape index (κ2) is 7.88. The number of nitrogens with two attached hydrogens (primary N) is 1. The Morgan fingerprint density at radius 2 is 2.04 bits per heavy atom. The first-order valence-corrected chi connectivity index (χ1v) is 9.52. The molecule has 6 nitrogen and oxygen atoms in total. The number of halogens is 1. The fourth-order valence-corrected chi connectivity index (χ4v) is 3.65. The third-order valence-corrected chi connectivity index (χ3v) is 5.30. The number of hydrogen-bond acceptors (Lipinski definition) is 7. The second-order valence-corrected chi connectivity index (χ2v) is 7.28. The highest BCUT2D eigenvalue weighted by Gasteiger charge is 2.09. The number of rotatable bonds is 6. The summed E-state index contributed by atoms with van der Waals surface area (Å²) in [7, 11) is 0. The highest BCUT2D eigenvalue weighted by molar-refractivity contribution is 9.10. The molecule has 0 fully saturated rings. The Bertz CT molecular complexity index is 879. The van der Waals surface area contributed by atoms with E-state index in [-0.39, 0.29) is 5.95 Å². The van der Waals surface area contributed by atoms with Gasteiger partial charge in [-0.05, 0) is 58.9 Å². The van der Waals surface area contributed by atoms with Gasteiger partial charge in [0.1, 0.15) is 10.8 Å². The van der Waals surface area contributed by atoms with E-state index in [1.807, 2.05) is 12.1 Å². The van der Waals surface area contributed by atoms with E-state index < -0.39 is 0 Å². The molecule has 25 heavy (non-hydrogen) atoms. The van der Waals surface area contributed by atoms with E-state index in [0.29, 0.717) is 4.73 Å². The molecule has 3 rings (SSSR count). The summed E-state index contributed by atoms with van der Waals surface area (Å²) in [5, 5.41) is 4.34. The molecule has 2 heterocycles. The zero-order valence-electron chi connectivity index (χ0n) is 14.1. The largest absolute Gasteiger partial charge is 0.370 e. The molecule has 3 N–H and O–H groups in total. The van der Waals surface area contributed by atoms with E-state index in [1.165, 1.54) is 22.7 Å². The van der Waals surface area contributed by atoms with E-state index in [0.717, 1.165) is 41.5 Å². The van der Waals surface area contributed by atoms with Crippen LogP contribution >= 0.6 is 27.5 Å². The summed E-state index contributed by atoms with van der Waals surface area (Å²) in [5.41, 5.74) is 10.2. The highest BCUT2D eigenvalue weighted by Crippen LogP contribution is 2.26. The first-order valence-electron chi connectivity index (χ1n) is 7.96. The van der Waals surface area contributed by atoms with Crippen LogP contribution in [-0.2, 0) is 6.42 Å². The monoisotopic (exact) mass is 418 g/mol. The summed E-state index contributed by atoms with van der Waals surface area (Å²) in [5.74, 6) is 1.01. The van der Waals surface area contributed by atoms with Crippen LogP contribution in [0.4, 0.5) is 11.8 Å².